The van der Waals surface area contributed by atoms with Gasteiger partial charge in [0.25, 0.3) is 0 Å². The van der Waals surface area contributed by atoms with Crippen LogP contribution < -0.4 is 0 Å². The fraction of sp³-hybridized carbons (Fsp3) is 0.778. The van der Waals surface area contributed by atoms with Gasteiger partial charge in [-0.15, -0.1) is 0 Å². The van der Waals surface area contributed by atoms with E-state index in [1.807, 2.05) is 0 Å². The molecule has 0 spiro atoms. The van der Waals surface area contributed by atoms with Crippen molar-refractivity contribution >= 4 is 11.9 Å². The van der Waals surface area contributed by atoms with Crippen LogP contribution in [0.2, 0.25) is 0 Å². The van der Waals surface area contributed by atoms with Gasteiger partial charge in [-0.2, -0.15) is 0 Å². The molecule has 1 aliphatic heterocycles. The van der Waals surface area contributed by atoms with E-state index in [0.717, 1.165) is 25.9 Å². The van der Waals surface area contributed by atoms with E-state index in [9.17, 15) is 9.59 Å². The molecule has 1 rings (SSSR count). The summed E-state index contributed by atoms with van der Waals surface area (Å²) in [5.74, 6) is -0.554. The predicted octanol–water partition coefficient (Wildman–Crippen LogP) is 0.562. The molecule has 74 valence electrons. The molecule has 13 heavy (non-hydrogen) atoms. The molecule has 0 aromatic heterocycles. The van der Waals surface area contributed by atoms with Crippen molar-refractivity contribution in [2.75, 3.05) is 20.2 Å². The summed E-state index contributed by atoms with van der Waals surface area (Å²) in [5, 5.41) is 0. The number of carbonyl (C=O) groups is 2. The van der Waals surface area contributed by atoms with Crippen LogP contribution in [0.5, 0.6) is 0 Å². The highest BCUT2D eigenvalue weighted by Crippen LogP contribution is 2.09. The first-order valence-electron chi connectivity index (χ1n) is 4.58. The van der Waals surface area contributed by atoms with Crippen LogP contribution in [-0.4, -0.2) is 37.0 Å². The van der Waals surface area contributed by atoms with E-state index in [4.69, 9.17) is 0 Å². The molecule has 1 aliphatic rings. The van der Waals surface area contributed by atoms with Gasteiger partial charge in [-0.05, 0) is 19.3 Å². The standard InChI is InChI=1S/C9H15NO3/c1-13-9(12)7-8(11)10-5-3-2-4-6-10/h2-7H2,1H3. The SMILES string of the molecule is COC(=O)CC(=O)N1CCCCC1. The fourth-order valence-corrected chi connectivity index (χ4v) is 1.45. The molecule has 0 aliphatic carbocycles. The minimum atomic E-state index is -0.449. The van der Waals surface area contributed by atoms with E-state index in [1.165, 1.54) is 13.5 Å². The van der Waals surface area contributed by atoms with Gasteiger partial charge >= 0.3 is 5.97 Å². The molecule has 0 aromatic rings. The summed E-state index contributed by atoms with van der Waals surface area (Å²) < 4.78 is 4.43. The van der Waals surface area contributed by atoms with E-state index in [-0.39, 0.29) is 12.3 Å². The van der Waals surface area contributed by atoms with Crippen molar-refractivity contribution in [3.05, 3.63) is 0 Å². The predicted molar refractivity (Wildman–Crippen MR) is 47.1 cm³/mol. The van der Waals surface area contributed by atoms with Crippen LogP contribution >= 0.6 is 0 Å². The van der Waals surface area contributed by atoms with Crippen molar-refractivity contribution in [1.29, 1.82) is 0 Å². The number of piperidine rings is 1. The summed E-state index contributed by atoms with van der Waals surface area (Å²) in [4.78, 5) is 23.9. The lowest BCUT2D eigenvalue weighted by Crippen LogP contribution is -2.36. The second-order valence-corrected chi connectivity index (χ2v) is 3.19. The zero-order chi connectivity index (χ0) is 9.68. The topological polar surface area (TPSA) is 46.6 Å². The van der Waals surface area contributed by atoms with E-state index in [1.54, 1.807) is 4.90 Å². The highest BCUT2D eigenvalue weighted by atomic mass is 16.5. The number of amides is 1. The maximum absolute atomic E-state index is 11.4. The molecule has 0 aromatic carbocycles. The average molecular weight is 185 g/mol. The zero-order valence-corrected chi connectivity index (χ0v) is 7.91. The van der Waals surface area contributed by atoms with Crippen LogP contribution in [0.15, 0.2) is 0 Å². The summed E-state index contributed by atoms with van der Waals surface area (Å²) >= 11 is 0. The molecular formula is C9H15NO3. The van der Waals surface area contributed by atoms with Gasteiger partial charge in [-0.25, -0.2) is 0 Å². The average Bonchev–Trinajstić information content (AvgIpc) is 2.19. The molecule has 0 radical (unpaired) electrons. The van der Waals surface area contributed by atoms with Crippen LogP contribution in [0, 0.1) is 0 Å². The highest BCUT2D eigenvalue weighted by molar-refractivity contribution is 5.94. The van der Waals surface area contributed by atoms with Gasteiger partial charge in [0.1, 0.15) is 6.42 Å². The Morgan fingerprint density at radius 1 is 1.23 bits per heavy atom. The molecule has 4 heteroatoms. The highest BCUT2D eigenvalue weighted by Gasteiger charge is 2.19. The molecule has 0 saturated carbocycles. The van der Waals surface area contributed by atoms with Crippen molar-refractivity contribution in [1.82, 2.24) is 4.90 Å². The van der Waals surface area contributed by atoms with E-state index < -0.39 is 5.97 Å². The Kier molecular flexibility index (Phi) is 3.73. The summed E-state index contributed by atoms with van der Waals surface area (Å²) in [7, 11) is 1.30. The fourth-order valence-electron chi connectivity index (χ4n) is 1.45. The lowest BCUT2D eigenvalue weighted by Gasteiger charge is -2.26. The van der Waals surface area contributed by atoms with Gasteiger partial charge in [0.05, 0.1) is 7.11 Å². The van der Waals surface area contributed by atoms with Crippen molar-refractivity contribution in [2.45, 2.75) is 25.7 Å². The number of nitrogens with zero attached hydrogens (tertiary/aromatic N) is 1. The molecule has 0 N–H and O–H groups in total. The van der Waals surface area contributed by atoms with Gasteiger partial charge in [0.2, 0.25) is 5.91 Å². The van der Waals surface area contributed by atoms with Crippen molar-refractivity contribution in [3.8, 4) is 0 Å². The normalized spacial score (nSPS) is 16.8. The van der Waals surface area contributed by atoms with Gasteiger partial charge in [-0.1, -0.05) is 0 Å². The third-order valence-electron chi connectivity index (χ3n) is 2.23. The molecule has 1 saturated heterocycles. The quantitative estimate of drug-likeness (QED) is 0.466. The largest absolute Gasteiger partial charge is 0.469 e. The van der Waals surface area contributed by atoms with E-state index in [2.05, 4.69) is 4.74 Å². The number of esters is 1. The third kappa shape index (κ3) is 3.05. The number of ether oxygens (including phenoxy) is 1. The van der Waals surface area contributed by atoms with Gasteiger partial charge in [-0.3, -0.25) is 9.59 Å². The summed E-state index contributed by atoms with van der Waals surface area (Å²) in [6.45, 7) is 1.58. The van der Waals surface area contributed by atoms with Crippen LogP contribution in [0.25, 0.3) is 0 Å². The van der Waals surface area contributed by atoms with Crippen molar-refractivity contribution in [3.63, 3.8) is 0 Å². The lowest BCUT2D eigenvalue weighted by atomic mass is 10.1. The summed E-state index contributed by atoms with van der Waals surface area (Å²) in [6.07, 6.45) is 3.17. The molecule has 1 fully saturated rings. The molecule has 0 bridgehead atoms. The number of methoxy groups -OCH3 is 1. The Bertz CT molecular complexity index is 197. The first-order valence-corrected chi connectivity index (χ1v) is 4.58. The van der Waals surface area contributed by atoms with Crippen molar-refractivity contribution < 1.29 is 14.3 Å². The number of carbonyl (C=O) groups excluding carboxylic acids is 2. The number of rotatable bonds is 2. The van der Waals surface area contributed by atoms with Crippen molar-refractivity contribution in [2.24, 2.45) is 0 Å². The Balaban J connectivity index is 2.33. The molecule has 0 atom stereocenters. The number of hydrogen-bond acceptors (Lipinski definition) is 3. The number of hydrogen-bond donors (Lipinski definition) is 0. The molecule has 4 nitrogen and oxygen atoms in total. The second kappa shape index (κ2) is 4.84. The van der Waals surface area contributed by atoms with Crippen LogP contribution in [-0.2, 0) is 14.3 Å². The first kappa shape index (κ1) is 10.0. The van der Waals surface area contributed by atoms with Crippen LogP contribution in [0.3, 0.4) is 0 Å². The molecular weight excluding hydrogens is 170 g/mol. The monoisotopic (exact) mass is 185 g/mol. The van der Waals surface area contributed by atoms with E-state index >= 15 is 0 Å². The molecule has 0 unspecified atom stereocenters. The minimum Gasteiger partial charge on any atom is -0.469 e. The molecule has 1 heterocycles. The Hall–Kier alpha value is -1.06. The molecule has 1 amide bonds. The van der Waals surface area contributed by atoms with Gasteiger partial charge < -0.3 is 9.64 Å². The Labute approximate surface area is 77.8 Å². The van der Waals surface area contributed by atoms with Gasteiger partial charge in [0, 0.05) is 13.1 Å². The Morgan fingerprint density at radius 3 is 2.38 bits per heavy atom. The van der Waals surface area contributed by atoms with Crippen LogP contribution in [0.4, 0.5) is 0 Å². The second-order valence-electron chi connectivity index (χ2n) is 3.19. The Morgan fingerprint density at radius 2 is 1.85 bits per heavy atom. The number of likely N-dealkylation sites (tertiary alicyclic amines) is 1. The lowest BCUT2D eigenvalue weighted by molar-refractivity contribution is -0.147. The van der Waals surface area contributed by atoms with Gasteiger partial charge in [0.15, 0.2) is 0 Å². The minimum absolute atomic E-state index is 0.105. The summed E-state index contributed by atoms with van der Waals surface area (Å²) in [5.41, 5.74) is 0. The third-order valence-corrected chi connectivity index (χ3v) is 2.23. The van der Waals surface area contributed by atoms with E-state index in [0.29, 0.717) is 0 Å². The first-order chi connectivity index (χ1) is 6.24. The smallest absolute Gasteiger partial charge is 0.315 e. The maximum atomic E-state index is 11.4. The zero-order valence-electron chi connectivity index (χ0n) is 7.91. The van der Waals surface area contributed by atoms with Crippen LogP contribution in [0.1, 0.15) is 25.7 Å². The maximum Gasteiger partial charge on any atom is 0.315 e. The summed E-state index contributed by atoms with van der Waals surface area (Å²) in [6, 6.07) is 0.